The Labute approximate surface area is 102 Å². The first-order chi connectivity index (χ1) is 8.20. The van der Waals surface area contributed by atoms with E-state index in [0.29, 0.717) is 11.7 Å². The largest absolute Gasteiger partial charge is 0.463 e. The molecule has 0 aliphatic carbocycles. The summed E-state index contributed by atoms with van der Waals surface area (Å²) in [4.78, 5) is 11.3. The van der Waals surface area contributed by atoms with Crippen LogP contribution in [-0.2, 0) is 11.3 Å². The van der Waals surface area contributed by atoms with Crippen LogP contribution in [-0.4, -0.2) is 23.3 Å². The maximum atomic E-state index is 11.3. The quantitative estimate of drug-likeness (QED) is 0.838. The second-order valence-corrected chi connectivity index (χ2v) is 4.43. The van der Waals surface area contributed by atoms with Gasteiger partial charge in [0.1, 0.15) is 5.01 Å². The van der Waals surface area contributed by atoms with Gasteiger partial charge in [-0.15, -0.1) is 10.2 Å². The highest BCUT2D eigenvalue weighted by atomic mass is 32.1. The van der Waals surface area contributed by atoms with Crippen molar-refractivity contribution in [3.63, 3.8) is 0 Å². The number of furan rings is 1. The van der Waals surface area contributed by atoms with Gasteiger partial charge in [-0.3, -0.25) is 0 Å². The van der Waals surface area contributed by atoms with E-state index in [1.807, 2.05) is 6.92 Å². The molecule has 2 aromatic heterocycles. The molecule has 2 aromatic rings. The molecule has 90 valence electrons. The third-order valence-electron chi connectivity index (χ3n) is 2.07. The molecule has 0 aliphatic heterocycles. The molecule has 0 aliphatic rings. The molecular weight excluding hydrogens is 242 g/mol. The number of aromatic nitrogens is 2. The summed E-state index contributed by atoms with van der Waals surface area (Å²) in [6, 6.07) is 1.72. The molecule has 0 radical (unpaired) electrons. The molecule has 0 saturated heterocycles. The van der Waals surface area contributed by atoms with E-state index in [1.165, 1.54) is 24.7 Å². The van der Waals surface area contributed by atoms with Crippen LogP contribution in [0.5, 0.6) is 0 Å². The summed E-state index contributed by atoms with van der Waals surface area (Å²) in [5.74, 6) is -0.276. The number of ether oxygens (including phenoxy) is 1. The Bertz CT molecular complexity index is 520. The van der Waals surface area contributed by atoms with E-state index in [9.17, 15) is 4.79 Å². The second kappa shape index (κ2) is 4.96. The van der Waals surface area contributed by atoms with Gasteiger partial charge in [-0.05, 0) is 13.0 Å². The Balaban J connectivity index is 2.04. The summed E-state index contributed by atoms with van der Waals surface area (Å²) in [7, 11) is 1.32. The van der Waals surface area contributed by atoms with Gasteiger partial charge in [0.15, 0.2) is 0 Å². The predicted octanol–water partition coefficient (Wildman–Crippen LogP) is 1.84. The summed E-state index contributed by atoms with van der Waals surface area (Å²) >= 11 is 1.45. The van der Waals surface area contributed by atoms with E-state index in [4.69, 9.17) is 4.42 Å². The van der Waals surface area contributed by atoms with Gasteiger partial charge in [-0.1, -0.05) is 11.3 Å². The van der Waals surface area contributed by atoms with Gasteiger partial charge >= 0.3 is 5.97 Å². The number of nitrogens with zero attached hydrogens (tertiary/aromatic N) is 2. The lowest BCUT2D eigenvalue weighted by Gasteiger charge is -2.01. The molecule has 2 rings (SSSR count). The fourth-order valence-corrected chi connectivity index (χ4v) is 1.87. The van der Waals surface area contributed by atoms with Gasteiger partial charge in [0.25, 0.3) is 0 Å². The summed E-state index contributed by atoms with van der Waals surface area (Å²) in [5.41, 5.74) is 0.727. The van der Waals surface area contributed by atoms with E-state index in [-0.39, 0.29) is 5.76 Å². The third-order valence-corrected chi connectivity index (χ3v) is 2.87. The molecule has 17 heavy (non-hydrogen) atoms. The molecule has 0 amide bonds. The Morgan fingerprint density at radius 3 is 3.06 bits per heavy atom. The molecular formula is C10H11N3O3S. The number of nitrogens with one attached hydrogen (secondary N) is 1. The maximum absolute atomic E-state index is 11.3. The first-order valence-corrected chi connectivity index (χ1v) is 5.71. The van der Waals surface area contributed by atoms with Crippen LogP contribution < -0.4 is 5.32 Å². The van der Waals surface area contributed by atoms with Crippen molar-refractivity contribution in [3.05, 3.63) is 28.7 Å². The lowest BCUT2D eigenvalue weighted by molar-refractivity contribution is 0.0563. The topological polar surface area (TPSA) is 77.2 Å². The van der Waals surface area contributed by atoms with Crippen LogP contribution in [0.4, 0.5) is 5.13 Å². The Morgan fingerprint density at radius 1 is 1.59 bits per heavy atom. The monoisotopic (exact) mass is 253 g/mol. The number of carbonyl (C=O) groups is 1. The highest BCUT2D eigenvalue weighted by Gasteiger charge is 2.15. The van der Waals surface area contributed by atoms with E-state index >= 15 is 0 Å². The smallest absolute Gasteiger partial charge is 0.374 e. The molecule has 0 unspecified atom stereocenters. The molecule has 0 spiro atoms. The minimum Gasteiger partial charge on any atom is -0.463 e. The van der Waals surface area contributed by atoms with E-state index in [2.05, 4.69) is 20.3 Å². The van der Waals surface area contributed by atoms with Crippen molar-refractivity contribution in [1.29, 1.82) is 0 Å². The van der Waals surface area contributed by atoms with Crippen molar-refractivity contribution >= 4 is 22.4 Å². The van der Waals surface area contributed by atoms with Gasteiger partial charge in [-0.25, -0.2) is 4.79 Å². The number of esters is 1. The summed E-state index contributed by atoms with van der Waals surface area (Å²) in [6.45, 7) is 2.32. The predicted molar refractivity (Wildman–Crippen MR) is 62.0 cm³/mol. The van der Waals surface area contributed by atoms with Crippen molar-refractivity contribution in [2.24, 2.45) is 0 Å². The minimum absolute atomic E-state index is 0.209. The fraction of sp³-hybridized carbons (Fsp3) is 0.300. The summed E-state index contributed by atoms with van der Waals surface area (Å²) in [5, 5.41) is 12.5. The number of hydrogen-bond acceptors (Lipinski definition) is 7. The zero-order chi connectivity index (χ0) is 12.3. The molecule has 0 aromatic carbocycles. The number of hydrogen-bond donors (Lipinski definition) is 1. The summed E-state index contributed by atoms with van der Waals surface area (Å²) < 4.78 is 9.67. The Hall–Kier alpha value is -1.89. The number of rotatable bonds is 4. The van der Waals surface area contributed by atoms with Gasteiger partial charge in [0, 0.05) is 12.1 Å². The molecule has 1 N–H and O–H groups in total. The molecule has 7 heteroatoms. The zero-order valence-electron chi connectivity index (χ0n) is 9.39. The standard InChI is InChI=1S/C10H11N3O3S/c1-6-12-13-10(17-6)11-5-7-3-4-16-8(7)9(14)15-2/h3-4H,5H2,1-2H3,(H,11,13). The molecule has 6 nitrogen and oxygen atoms in total. The number of anilines is 1. The molecule has 0 saturated carbocycles. The van der Waals surface area contributed by atoms with E-state index in [1.54, 1.807) is 6.07 Å². The average molecular weight is 253 g/mol. The lowest BCUT2D eigenvalue weighted by atomic mass is 10.2. The Kier molecular flexibility index (Phi) is 3.38. The van der Waals surface area contributed by atoms with Crippen LogP contribution >= 0.6 is 11.3 Å². The lowest BCUT2D eigenvalue weighted by Crippen LogP contribution is -2.06. The minimum atomic E-state index is -0.486. The van der Waals surface area contributed by atoms with Gasteiger partial charge in [0.2, 0.25) is 10.9 Å². The number of methoxy groups -OCH3 is 1. The van der Waals surface area contributed by atoms with Crippen LogP contribution in [0.2, 0.25) is 0 Å². The fourth-order valence-electron chi connectivity index (χ4n) is 1.29. The van der Waals surface area contributed by atoms with Gasteiger partial charge in [0.05, 0.1) is 13.4 Å². The average Bonchev–Trinajstić information content (AvgIpc) is 2.94. The van der Waals surface area contributed by atoms with Crippen LogP contribution in [0.25, 0.3) is 0 Å². The van der Waals surface area contributed by atoms with Crippen molar-refractivity contribution in [3.8, 4) is 0 Å². The molecule has 0 bridgehead atoms. The highest BCUT2D eigenvalue weighted by Crippen LogP contribution is 2.17. The third kappa shape index (κ3) is 2.62. The van der Waals surface area contributed by atoms with Crippen molar-refractivity contribution in [2.45, 2.75) is 13.5 Å². The zero-order valence-corrected chi connectivity index (χ0v) is 10.2. The van der Waals surface area contributed by atoms with Crippen molar-refractivity contribution in [1.82, 2.24) is 10.2 Å². The van der Waals surface area contributed by atoms with E-state index in [0.717, 1.165) is 10.6 Å². The first-order valence-electron chi connectivity index (χ1n) is 4.89. The maximum Gasteiger partial charge on any atom is 0.374 e. The normalized spacial score (nSPS) is 10.2. The first kappa shape index (κ1) is 11.6. The molecule has 0 atom stereocenters. The van der Waals surface area contributed by atoms with Crippen molar-refractivity contribution < 1.29 is 13.9 Å². The van der Waals surface area contributed by atoms with Crippen LogP contribution in [0, 0.1) is 6.92 Å². The Morgan fingerprint density at radius 2 is 2.41 bits per heavy atom. The van der Waals surface area contributed by atoms with E-state index < -0.39 is 5.97 Å². The highest BCUT2D eigenvalue weighted by molar-refractivity contribution is 7.15. The number of aryl methyl sites for hydroxylation is 1. The summed E-state index contributed by atoms with van der Waals surface area (Å²) in [6.07, 6.45) is 1.45. The second-order valence-electron chi connectivity index (χ2n) is 3.25. The SMILES string of the molecule is COC(=O)c1occc1CNc1nnc(C)s1. The van der Waals surface area contributed by atoms with Gasteiger partial charge < -0.3 is 14.5 Å². The molecule has 2 heterocycles. The van der Waals surface area contributed by atoms with Crippen LogP contribution in [0.3, 0.4) is 0 Å². The van der Waals surface area contributed by atoms with Crippen LogP contribution in [0.1, 0.15) is 21.1 Å². The van der Waals surface area contributed by atoms with Crippen LogP contribution in [0.15, 0.2) is 16.7 Å². The molecule has 0 fully saturated rings. The van der Waals surface area contributed by atoms with Crippen molar-refractivity contribution in [2.75, 3.05) is 12.4 Å². The number of carbonyl (C=O) groups excluding carboxylic acids is 1. The van der Waals surface area contributed by atoms with Gasteiger partial charge in [-0.2, -0.15) is 0 Å².